The van der Waals surface area contributed by atoms with Crippen LogP contribution in [0, 0.1) is 0 Å². The summed E-state index contributed by atoms with van der Waals surface area (Å²) < 4.78 is 5.33. The number of rotatable bonds is 8. The molecule has 0 saturated carbocycles. The van der Waals surface area contributed by atoms with Gasteiger partial charge in [0, 0.05) is 45.6 Å². The van der Waals surface area contributed by atoms with Gasteiger partial charge in [0.05, 0.1) is 6.26 Å². The molecule has 0 fully saturated rings. The first kappa shape index (κ1) is 22.3. The molecule has 0 aliphatic carbocycles. The molecule has 1 aromatic heterocycles. The molecule has 0 radical (unpaired) electrons. The van der Waals surface area contributed by atoms with Crippen LogP contribution in [0.15, 0.2) is 52.1 Å². The molecule has 0 spiro atoms. The molecule has 2 heterocycles. The van der Waals surface area contributed by atoms with Gasteiger partial charge >= 0.3 is 0 Å². The lowest BCUT2D eigenvalue weighted by molar-refractivity contribution is -0.131. The number of hydrogen-bond donors (Lipinski definition) is 2. The van der Waals surface area contributed by atoms with E-state index >= 15 is 0 Å². The summed E-state index contributed by atoms with van der Waals surface area (Å²) in [6.45, 7) is 5.69. The topological polar surface area (TPSA) is 69.9 Å². The van der Waals surface area contributed by atoms with Crippen molar-refractivity contribution in [2.45, 2.75) is 39.3 Å². The fourth-order valence-electron chi connectivity index (χ4n) is 3.19. The van der Waals surface area contributed by atoms with E-state index in [-0.39, 0.29) is 29.9 Å². The fraction of sp³-hybridized carbons (Fsp3) is 0.429. The number of furan rings is 1. The minimum absolute atomic E-state index is 0. The van der Waals surface area contributed by atoms with E-state index in [2.05, 4.69) is 27.8 Å². The van der Waals surface area contributed by atoms with Gasteiger partial charge in [-0.3, -0.25) is 9.79 Å². The third-order valence-corrected chi connectivity index (χ3v) is 4.60. The van der Waals surface area contributed by atoms with Gasteiger partial charge in [-0.15, -0.1) is 24.0 Å². The maximum absolute atomic E-state index is 12.4. The van der Waals surface area contributed by atoms with Gasteiger partial charge < -0.3 is 20.0 Å². The molecule has 2 N–H and O–H groups in total. The van der Waals surface area contributed by atoms with Crippen LogP contribution in [-0.2, 0) is 24.3 Å². The first-order valence-corrected chi connectivity index (χ1v) is 9.65. The lowest BCUT2D eigenvalue weighted by atomic mass is 10.1. The van der Waals surface area contributed by atoms with Gasteiger partial charge in [-0.25, -0.2) is 0 Å². The van der Waals surface area contributed by atoms with Crippen molar-refractivity contribution in [2.24, 2.45) is 4.99 Å². The Morgan fingerprint density at radius 2 is 1.89 bits per heavy atom. The van der Waals surface area contributed by atoms with E-state index in [0.717, 1.165) is 50.7 Å². The summed E-state index contributed by atoms with van der Waals surface area (Å²) in [5.74, 6) is 1.94. The monoisotopic (exact) mass is 496 g/mol. The summed E-state index contributed by atoms with van der Waals surface area (Å²) in [7, 11) is 0. The highest BCUT2D eigenvalue weighted by Gasteiger charge is 2.22. The molecule has 0 bridgehead atoms. The highest BCUT2D eigenvalue weighted by molar-refractivity contribution is 14.0. The van der Waals surface area contributed by atoms with Gasteiger partial charge in [-0.1, -0.05) is 24.3 Å². The SMILES string of the molecule is CCNC(=NCCCC(=O)N1Cc2ccccc2C1)NCCc1ccco1.I. The molecule has 152 valence electrons. The average molecular weight is 496 g/mol. The summed E-state index contributed by atoms with van der Waals surface area (Å²) >= 11 is 0. The summed E-state index contributed by atoms with van der Waals surface area (Å²) in [5.41, 5.74) is 2.53. The second kappa shape index (κ2) is 11.7. The summed E-state index contributed by atoms with van der Waals surface area (Å²) in [5, 5.41) is 6.53. The van der Waals surface area contributed by atoms with Crippen LogP contribution in [0.5, 0.6) is 0 Å². The van der Waals surface area contributed by atoms with Crippen molar-refractivity contribution in [2.75, 3.05) is 19.6 Å². The Labute approximate surface area is 183 Å². The maximum Gasteiger partial charge on any atom is 0.223 e. The van der Waals surface area contributed by atoms with Gasteiger partial charge in [0.25, 0.3) is 0 Å². The smallest absolute Gasteiger partial charge is 0.223 e. The number of guanidine groups is 1. The van der Waals surface area contributed by atoms with Crippen LogP contribution >= 0.6 is 24.0 Å². The van der Waals surface area contributed by atoms with Crippen molar-refractivity contribution in [1.82, 2.24) is 15.5 Å². The average Bonchev–Trinajstić information content (AvgIpc) is 3.34. The molecular formula is C21H29IN4O2. The number of nitrogens with one attached hydrogen (secondary N) is 2. The number of benzene rings is 1. The number of carbonyl (C=O) groups excluding carboxylic acids is 1. The zero-order valence-electron chi connectivity index (χ0n) is 16.3. The molecule has 1 amide bonds. The van der Waals surface area contributed by atoms with Crippen LogP contribution in [0.3, 0.4) is 0 Å². The Kier molecular flexibility index (Phi) is 9.33. The molecule has 6 nitrogen and oxygen atoms in total. The van der Waals surface area contributed by atoms with Crippen LogP contribution < -0.4 is 10.6 Å². The van der Waals surface area contributed by atoms with E-state index in [4.69, 9.17) is 4.42 Å². The molecular weight excluding hydrogens is 467 g/mol. The van der Waals surface area contributed by atoms with Crippen molar-refractivity contribution in [3.8, 4) is 0 Å². The van der Waals surface area contributed by atoms with E-state index in [1.165, 1.54) is 11.1 Å². The molecule has 2 aromatic rings. The highest BCUT2D eigenvalue weighted by Crippen LogP contribution is 2.22. The summed E-state index contributed by atoms with van der Waals surface area (Å²) in [6.07, 6.45) is 3.78. The largest absolute Gasteiger partial charge is 0.469 e. The molecule has 1 aliphatic rings. The zero-order valence-corrected chi connectivity index (χ0v) is 18.6. The van der Waals surface area contributed by atoms with Crippen LogP contribution in [0.25, 0.3) is 0 Å². The zero-order chi connectivity index (χ0) is 18.9. The van der Waals surface area contributed by atoms with Crippen LogP contribution in [0.1, 0.15) is 36.7 Å². The fourth-order valence-corrected chi connectivity index (χ4v) is 3.19. The Balaban J connectivity index is 0.00000280. The second-order valence-corrected chi connectivity index (χ2v) is 6.64. The Morgan fingerprint density at radius 1 is 1.14 bits per heavy atom. The first-order chi connectivity index (χ1) is 13.3. The highest BCUT2D eigenvalue weighted by atomic mass is 127. The quantitative estimate of drug-likeness (QED) is 0.255. The maximum atomic E-state index is 12.4. The molecule has 28 heavy (non-hydrogen) atoms. The van der Waals surface area contributed by atoms with Gasteiger partial charge in [0.2, 0.25) is 5.91 Å². The summed E-state index contributed by atoms with van der Waals surface area (Å²) in [4.78, 5) is 18.9. The number of fused-ring (bicyclic) bond motifs is 1. The van der Waals surface area contributed by atoms with Crippen LogP contribution in [-0.4, -0.2) is 36.4 Å². The van der Waals surface area contributed by atoms with E-state index in [1.54, 1.807) is 6.26 Å². The van der Waals surface area contributed by atoms with E-state index < -0.39 is 0 Å². The molecule has 0 unspecified atom stereocenters. The van der Waals surface area contributed by atoms with E-state index in [0.29, 0.717) is 13.0 Å². The molecule has 7 heteroatoms. The van der Waals surface area contributed by atoms with Crippen LogP contribution in [0.4, 0.5) is 0 Å². The van der Waals surface area contributed by atoms with Gasteiger partial charge in [0.1, 0.15) is 5.76 Å². The van der Waals surface area contributed by atoms with E-state index in [1.807, 2.05) is 36.1 Å². The minimum atomic E-state index is 0. The van der Waals surface area contributed by atoms with Crippen molar-refractivity contribution in [3.63, 3.8) is 0 Å². The minimum Gasteiger partial charge on any atom is -0.469 e. The number of halogens is 1. The normalized spacial score (nSPS) is 13.0. The van der Waals surface area contributed by atoms with Crippen molar-refractivity contribution in [3.05, 3.63) is 59.5 Å². The van der Waals surface area contributed by atoms with Gasteiger partial charge in [0.15, 0.2) is 5.96 Å². The molecule has 0 saturated heterocycles. The van der Waals surface area contributed by atoms with Crippen molar-refractivity contribution < 1.29 is 9.21 Å². The predicted molar refractivity (Wildman–Crippen MR) is 122 cm³/mol. The lowest BCUT2D eigenvalue weighted by Gasteiger charge is -2.15. The molecule has 1 aliphatic heterocycles. The first-order valence-electron chi connectivity index (χ1n) is 9.65. The van der Waals surface area contributed by atoms with Crippen molar-refractivity contribution >= 4 is 35.8 Å². The number of amides is 1. The lowest BCUT2D eigenvalue weighted by Crippen LogP contribution is -2.38. The Hall–Kier alpha value is -2.03. The molecule has 0 atom stereocenters. The summed E-state index contributed by atoms with van der Waals surface area (Å²) in [6, 6.07) is 12.1. The number of hydrogen-bond acceptors (Lipinski definition) is 3. The Morgan fingerprint density at radius 3 is 2.54 bits per heavy atom. The standard InChI is InChI=1S/C21H28N4O2.HI/c1-2-22-21(24-13-11-19-9-6-14-27-19)23-12-5-10-20(26)25-15-17-7-3-4-8-18(17)16-25;/h3-4,6-9,14H,2,5,10-13,15-16H2,1H3,(H2,22,23,24);1H. The van der Waals surface area contributed by atoms with Crippen LogP contribution in [0.2, 0.25) is 0 Å². The number of aliphatic imine (C=N–C) groups is 1. The Bertz CT molecular complexity index is 737. The second-order valence-electron chi connectivity index (χ2n) is 6.64. The molecule has 1 aromatic carbocycles. The van der Waals surface area contributed by atoms with E-state index in [9.17, 15) is 4.79 Å². The van der Waals surface area contributed by atoms with Gasteiger partial charge in [-0.2, -0.15) is 0 Å². The predicted octanol–water partition coefficient (Wildman–Crippen LogP) is 3.32. The molecule has 3 rings (SSSR count). The third-order valence-electron chi connectivity index (χ3n) is 4.60. The third kappa shape index (κ3) is 6.54. The van der Waals surface area contributed by atoms with Crippen molar-refractivity contribution in [1.29, 1.82) is 0 Å². The number of carbonyl (C=O) groups is 1. The van der Waals surface area contributed by atoms with Gasteiger partial charge in [-0.05, 0) is 36.6 Å². The number of nitrogens with zero attached hydrogens (tertiary/aromatic N) is 2.